The summed E-state index contributed by atoms with van der Waals surface area (Å²) in [5, 5.41) is 2.38. The lowest BCUT2D eigenvalue weighted by atomic mass is 10.1. The van der Waals surface area contributed by atoms with Gasteiger partial charge in [0.15, 0.2) is 0 Å². The van der Waals surface area contributed by atoms with Crippen molar-refractivity contribution in [3.63, 3.8) is 0 Å². The maximum absolute atomic E-state index is 12.7. The molecule has 0 aromatic rings. The predicted molar refractivity (Wildman–Crippen MR) is 52.7 cm³/mol. The highest BCUT2D eigenvalue weighted by atomic mass is 19.4. The molecule has 1 amide bonds. The summed E-state index contributed by atoms with van der Waals surface area (Å²) in [4.78, 5) is 12.6. The first kappa shape index (κ1) is 13.2. The van der Waals surface area contributed by atoms with Gasteiger partial charge >= 0.3 is 6.18 Å². The molecule has 0 aliphatic carbocycles. The molecule has 1 saturated heterocycles. The topological polar surface area (TPSA) is 58.4 Å². The number of nitrogens with two attached hydrogens (primary N) is 1. The zero-order chi connectivity index (χ0) is 12.3. The Morgan fingerprint density at radius 1 is 1.62 bits per heavy atom. The van der Waals surface area contributed by atoms with Crippen LogP contribution in [0.4, 0.5) is 13.2 Å². The summed E-state index contributed by atoms with van der Waals surface area (Å²) >= 11 is 0. The van der Waals surface area contributed by atoms with E-state index in [4.69, 9.17) is 5.73 Å². The number of likely N-dealkylation sites (N-methyl/N-ethyl adjacent to an activating group) is 1. The first-order chi connectivity index (χ1) is 7.41. The minimum Gasteiger partial charge on any atom is -0.358 e. The van der Waals surface area contributed by atoms with E-state index in [2.05, 4.69) is 5.32 Å². The third-order valence-electron chi connectivity index (χ3n) is 2.84. The van der Waals surface area contributed by atoms with Gasteiger partial charge in [0.1, 0.15) is 6.04 Å². The number of carbonyl (C=O) groups excluding carboxylic acids is 1. The fourth-order valence-electron chi connectivity index (χ4n) is 2.07. The van der Waals surface area contributed by atoms with Gasteiger partial charge in [0.25, 0.3) is 0 Å². The molecule has 0 spiro atoms. The Morgan fingerprint density at radius 3 is 2.69 bits per heavy atom. The minimum absolute atomic E-state index is 0.263. The molecule has 1 aliphatic heterocycles. The van der Waals surface area contributed by atoms with Crippen LogP contribution in [0.1, 0.15) is 12.8 Å². The lowest BCUT2D eigenvalue weighted by molar-refractivity contribution is -0.183. The molecular formula is C9H16F3N3O. The van der Waals surface area contributed by atoms with E-state index in [0.29, 0.717) is 12.8 Å². The number of likely N-dealkylation sites (tertiary alicyclic amines) is 1. The van der Waals surface area contributed by atoms with E-state index in [1.807, 2.05) is 0 Å². The van der Waals surface area contributed by atoms with Gasteiger partial charge in [-0.3, -0.25) is 9.69 Å². The highest BCUT2D eigenvalue weighted by Gasteiger charge is 2.47. The van der Waals surface area contributed by atoms with Gasteiger partial charge in [0, 0.05) is 13.6 Å². The maximum Gasteiger partial charge on any atom is 0.405 e. The van der Waals surface area contributed by atoms with Crippen LogP contribution >= 0.6 is 0 Å². The molecule has 94 valence electrons. The molecule has 0 bridgehead atoms. The molecule has 1 heterocycles. The molecule has 0 aromatic heterocycles. The number of hydrogen-bond acceptors (Lipinski definition) is 3. The van der Waals surface area contributed by atoms with Crippen LogP contribution in [-0.4, -0.2) is 49.2 Å². The number of nitrogens with one attached hydrogen (secondary N) is 1. The van der Waals surface area contributed by atoms with E-state index < -0.39 is 24.8 Å². The van der Waals surface area contributed by atoms with E-state index in [1.54, 1.807) is 0 Å². The van der Waals surface area contributed by atoms with Gasteiger partial charge in [-0.2, -0.15) is 13.2 Å². The van der Waals surface area contributed by atoms with Crippen molar-refractivity contribution in [2.24, 2.45) is 5.73 Å². The Morgan fingerprint density at radius 2 is 2.25 bits per heavy atom. The quantitative estimate of drug-likeness (QED) is 0.733. The van der Waals surface area contributed by atoms with E-state index >= 15 is 0 Å². The van der Waals surface area contributed by atoms with Crippen molar-refractivity contribution >= 4 is 5.91 Å². The van der Waals surface area contributed by atoms with Crippen LogP contribution in [0, 0.1) is 0 Å². The van der Waals surface area contributed by atoms with Crippen molar-refractivity contribution in [2.45, 2.75) is 31.1 Å². The molecule has 1 aliphatic rings. The van der Waals surface area contributed by atoms with Crippen LogP contribution in [0.2, 0.25) is 0 Å². The molecule has 16 heavy (non-hydrogen) atoms. The van der Waals surface area contributed by atoms with E-state index in [-0.39, 0.29) is 12.5 Å². The van der Waals surface area contributed by atoms with Crippen molar-refractivity contribution in [3.8, 4) is 0 Å². The zero-order valence-electron chi connectivity index (χ0n) is 9.05. The number of hydrogen-bond donors (Lipinski definition) is 2. The predicted octanol–water partition coefficient (Wildman–Crippen LogP) is 0.0864. The Balaban J connectivity index is 2.80. The molecule has 3 N–H and O–H groups in total. The van der Waals surface area contributed by atoms with E-state index in [0.717, 1.165) is 4.90 Å². The fourth-order valence-corrected chi connectivity index (χ4v) is 2.07. The highest BCUT2D eigenvalue weighted by molar-refractivity contribution is 5.81. The Kier molecular flexibility index (Phi) is 4.15. The summed E-state index contributed by atoms with van der Waals surface area (Å²) in [6.45, 7) is -0.254. The number of halogens is 3. The summed E-state index contributed by atoms with van der Waals surface area (Å²) in [6, 6.07) is -2.43. The number of nitrogens with zero attached hydrogens (tertiary/aromatic N) is 1. The minimum atomic E-state index is -4.38. The second-order valence-electron chi connectivity index (χ2n) is 3.80. The molecule has 4 nitrogen and oxygen atoms in total. The third kappa shape index (κ3) is 2.65. The molecule has 0 saturated carbocycles. The van der Waals surface area contributed by atoms with Crippen molar-refractivity contribution in [3.05, 3.63) is 0 Å². The Labute approximate surface area is 92.0 Å². The lowest BCUT2D eigenvalue weighted by Crippen LogP contribution is -2.55. The second-order valence-corrected chi connectivity index (χ2v) is 3.80. The van der Waals surface area contributed by atoms with Gasteiger partial charge in [-0.25, -0.2) is 0 Å². The molecule has 1 fully saturated rings. The number of rotatable bonds is 3. The van der Waals surface area contributed by atoms with Crippen LogP contribution < -0.4 is 11.1 Å². The van der Waals surface area contributed by atoms with Gasteiger partial charge in [0.05, 0.1) is 6.04 Å². The average Bonchev–Trinajstić information content (AvgIpc) is 2.64. The van der Waals surface area contributed by atoms with Gasteiger partial charge < -0.3 is 11.1 Å². The van der Waals surface area contributed by atoms with Crippen molar-refractivity contribution in [1.82, 2.24) is 10.2 Å². The highest BCUT2D eigenvalue weighted by Crippen LogP contribution is 2.30. The van der Waals surface area contributed by atoms with Crippen molar-refractivity contribution in [1.29, 1.82) is 0 Å². The molecule has 0 radical (unpaired) electrons. The summed E-state index contributed by atoms with van der Waals surface area (Å²) in [6.07, 6.45) is -3.34. The van der Waals surface area contributed by atoms with Gasteiger partial charge in [-0.05, 0) is 19.4 Å². The summed E-state index contributed by atoms with van der Waals surface area (Å²) < 4.78 is 38.0. The van der Waals surface area contributed by atoms with Crippen LogP contribution in [-0.2, 0) is 4.79 Å². The SMILES string of the molecule is CNC(=O)[C@H]1CCCN1[C@@H](CN)C(F)(F)F. The lowest BCUT2D eigenvalue weighted by Gasteiger charge is -2.32. The first-order valence-corrected chi connectivity index (χ1v) is 5.16. The molecule has 7 heteroatoms. The Bertz CT molecular complexity index is 257. The van der Waals surface area contributed by atoms with Crippen molar-refractivity contribution < 1.29 is 18.0 Å². The fraction of sp³-hybridized carbons (Fsp3) is 0.889. The first-order valence-electron chi connectivity index (χ1n) is 5.16. The molecule has 0 unspecified atom stereocenters. The Hall–Kier alpha value is -0.820. The summed E-state index contributed by atoms with van der Waals surface area (Å²) in [5.74, 6) is -0.375. The zero-order valence-corrected chi connectivity index (χ0v) is 9.05. The smallest absolute Gasteiger partial charge is 0.358 e. The molecule has 2 atom stereocenters. The summed E-state index contributed by atoms with van der Waals surface area (Å²) in [5.41, 5.74) is 5.15. The monoisotopic (exact) mass is 239 g/mol. The standard InChI is InChI=1S/C9H16F3N3O/c1-14-8(16)6-3-2-4-15(6)7(5-13)9(10,11)12/h6-7H,2-5,13H2,1H3,(H,14,16)/t6-,7+/m1/s1. The maximum atomic E-state index is 12.7. The average molecular weight is 239 g/mol. The van der Waals surface area contributed by atoms with Crippen LogP contribution in [0.25, 0.3) is 0 Å². The van der Waals surface area contributed by atoms with Gasteiger partial charge in [-0.15, -0.1) is 0 Å². The largest absolute Gasteiger partial charge is 0.405 e. The van der Waals surface area contributed by atoms with E-state index in [1.165, 1.54) is 7.05 Å². The van der Waals surface area contributed by atoms with Crippen molar-refractivity contribution in [2.75, 3.05) is 20.1 Å². The van der Waals surface area contributed by atoms with Gasteiger partial charge in [-0.1, -0.05) is 0 Å². The summed E-state index contributed by atoms with van der Waals surface area (Å²) in [7, 11) is 1.42. The normalized spacial score (nSPS) is 24.4. The van der Waals surface area contributed by atoms with Crippen LogP contribution in [0.3, 0.4) is 0 Å². The molecular weight excluding hydrogens is 223 g/mol. The molecule has 1 rings (SSSR count). The number of amides is 1. The number of alkyl halides is 3. The van der Waals surface area contributed by atoms with Crippen LogP contribution in [0.15, 0.2) is 0 Å². The second kappa shape index (κ2) is 5.01. The van der Waals surface area contributed by atoms with Gasteiger partial charge in [0.2, 0.25) is 5.91 Å². The number of carbonyl (C=O) groups is 1. The molecule has 0 aromatic carbocycles. The third-order valence-corrected chi connectivity index (χ3v) is 2.84. The van der Waals surface area contributed by atoms with Crippen LogP contribution in [0.5, 0.6) is 0 Å². The van der Waals surface area contributed by atoms with E-state index in [9.17, 15) is 18.0 Å².